The lowest BCUT2D eigenvalue weighted by atomic mass is 10.1. The minimum Gasteiger partial charge on any atom is -0.338 e. The second-order valence-electron chi connectivity index (χ2n) is 7.24. The Labute approximate surface area is 171 Å². The molecule has 1 aliphatic rings. The summed E-state index contributed by atoms with van der Waals surface area (Å²) < 4.78 is 25.6. The summed E-state index contributed by atoms with van der Waals surface area (Å²) in [4.78, 5) is 19.2. The number of rotatable bonds is 6. The molecule has 2 unspecified atom stereocenters. The van der Waals surface area contributed by atoms with Gasteiger partial charge in [0.15, 0.2) is 15.0 Å². The van der Waals surface area contributed by atoms with Crippen molar-refractivity contribution < 1.29 is 13.2 Å². The van der Waals surface area contributed by atoms with Crippen molar-refractivity contribution in [2.45, 2.75) is 50.6 Å². The lowest BCUT2D eigenvalue weighted by Gasteiger charge is -2.29. The predicted molar refractivity (Wildman–Crippen MR) is 113 cm³/mol. The van der Waals surface area contributed by atoms with Gasteiger partial charge in [-0.05, 0) is 51.3 Å². The molecule has 1 aromatic heterocycles. The number of carbonyl (C=O) groups is 1. The molecule has 0 N–H and O–H groups in total. The van der Waals surface area contributed by atoms with Gasteiger partial charge in [0.2, 0.25) is 5.91 Å². The van der Waals surface area contributed by atoms with E-state index in [2.05, 4.69) is 24.9 Å². The van der Waals surface area contributed by atoms with Crippen LogP contribution in [0.2, 0.25) is 0 Å². The smallest absolute Gasteiger partial charge is 0.236 e. The Morgan fingerprint density at radius 1 is 1.39 bits per heavy atom. The van der Waals surface area contributed by atoms with Gasteiger partial charge in [0.05, 0.1) is 22.4 Å². The number of nitrogens with zero attached hydrogens (tertiary/aromatic N) is 3. The summed E-state index contributed by atoms with van der Waals surface area (Å²) in [5, 5.41) is 0.402. The van der Waals surface area contributed by atoms with E-state index < -0.39 is 9.84 Å². The van der Waals surface area contributed by atoms with E-state index in [1.165, 1.54) is 22.9 Å². The first-order valence-electron chi connectivity index (χ1n) is 9.51. The van der Waals surface area contributed by atoms with Crippen molar-refractivity contribution in [3.05, 3.63) is 41.7 Å². The Balaban J connectivity index is 1.78. The highest BCUT2D eigenvalue weighted by atomic mass is 32.2. The Bertz CT molecular complexity index is 969. The van der Waals surface area contributed by atoms with E-state index in [0.29, 0.717) is 13.0 Å². The number of hydrogen-bond acceptors (Lipinski definition) is 5. The number of thioether (sulfide) groups is 1. The van der Waals surface area contributed by atoms with Gasteiger partial charge >= 0.3 is 0 Å². The summed E-state index contributed by atoms with van der Waals surface area (Å²) in [6.45, 7) is 8.42. The molecule has 0 aliphatic carbocycles. The highest BCUT2D eigenvalue weighted by molar-refractivity contribution is 8.00. The summed E-state index contributed by atoms with van der Waals surface area (Å²) in [6, 6.07) is 5.91. The van der Waals surface area contributed by atoms with E-state index in [-0.39, 0.29) is 28.7 Å². The van der Waals surface area contributed by atoms with Gasteiger partial charge in [-0.1, -0.05) is 23.9 Å². The molecule has 0 bridgehead atoms. The maximum Gasteiger partial charge on any atom is 0.236 e. The quantitative estimate of drug-likeness (QED) is 0.671. The molecule has 0 radical (unpaired) electrons. The zero-order valence-electron chi connectivity index (χ0n) is 16.8. The standard InChI is InChI=1S/C20H27N3O3S2/c1-5-22(17-9-12-28(25,26)13-17)19(24)16(4)27-20-21-10-11-23(20)18-8-6-7-14(2)15(18)3/h6-8,10-11,16-17H,5,9,12-13H2,1-4H3. The third-order valence-corrected chi connectivity index (χ3v) is 8.16. The number of aromatic nitrogens is 2. The van der Waals surface area contributed by atoms with E-state index in [1.54, 1.807) is 11.1 Å². The summed E-state index contributed by atoms with van der Waals surface area (Å²) in [5.41, 5.74) is 3.42. The van der Waals surface area contributed by atoms with Crippen LogP contribution >= 0.6 is 11.8 Å². The first-order valence-corrected chi connectivity index (χ1v) is 12.2. The van der Waals surface area contributed by atoms with Crippen molar-refractivity contribution in [2.75, 3.05) is 18.1 Å². The fraction of sp³-hybridized carbons (Fsp3) is 0.500. The molecule has 3 rings (SSSR count). The zero-order chi connectivity index (χ0) is 20.5. The molecule has 8 heteroatoms. The van der Waals surface area contributed by atoms with Crippen LogP contribution in [0.1, 0.15) is 31.4 Å². The monoisotopic (exact) mass is 421 g/mol. The van der Waals surface area contributed by atoms with E-state index >= 15 is 0 Å². The molecule has 1 amide bonds. The van der Waals surface area contributed by atoms with Gasteiger partial charge in [0.1, 0.15) is 0 Å². The first kappa shape index (κ1) is 20.9. The van der Waals surface area contributed by atoms with E-state index in [4.69, 9.17) is 0 Å². The molecule has 1 saturated heterocycles. The van der Waals surface area contributed by atoms with Crippen molar-refractivity contribution in [3.8, 4) is 5.69 Å². The number of sulfone groups is 1. The number of hydrogen-bond donors (Lipinski definition) is 0. The fourth-order valence-electron chi connectivity index (χ4n) is 3.61. The number of carbonyl (C=O) groups excluding carboxylic acids is 1. The van der Waals surface area contributed by atoms with Gasteiger partial charge in [-0.15, -0.1) is 0 Å². The molecule has 2 atom stereocenters. The molecule has 28 heavy (non-hydrogen) atoms. The van der Waals surface area contributed by atoms with Crippen molar-refractivity contribution in [3.63, 3.8) is 0 Å². The third kappa shape index (κ3) is 4.27. The minimum absolute atomic E-state index is 0.0369. The molecule has 0 spiro atoms. The number of benzene rings is 1. The van der Waals surface area contributed by atoms with Crippen LogP contribution in [0, 0.1) is 13.8 Å². The van der Waals surface area contributed by atoms with Gasteiger partial charge in [0.25, 0.3) is 0 Å². The second-order valence-corrected chi connectivity index (χ2v) is 10.8. The Morgan fingerprint density at radius 2 is 2.14 bits per heavy atom. The van der Waals surface area contributed by atoms with Gasteiger partial charge in [0, 0.05) is 25.0 Å². The molecule has 1 aromatic carbocycles. The van der Waals surface area contributed by atoms with Gasteiger partial charge in [-0.3, -0.25) is 9.36 Å². The largest absolute Gasteiger partial charge is 0.338 e. The fourth-order valence-corrected chi connectivity index (χ4v) is 6.29. The molecule has 152 valence electrons. The zero-order valence-corrected chi connectivity index (χ0v) is 18.4. The normalized spacial score (nSPS) is 19.5. The number of imidazole rings is 1. The van der Waals surface area contributed by atoms with Crippen molar-refractivity contribution in [1.82, 2.24) is 14.5 Å². The Kier molecular flexibility index (Phi) is 6.19. The van der Waals surface area contributed by atoms with Gasteiger partial charge in [-0.25, -0.2) is 13.4 Å². The number of amides is 1. The summed E-state index contributed by atoms with van der Waals surface area (Å²) in [6.07, 6.45) is 4.17. The molecule has 6 nitrogen and oxygen atoms in total. The molecular formula is C20H27N3O3S2. The van der Waals surface area contributed by atoms with Crippen LogP contribution in [0.3, 0.4) is 0 Å². The molecule has 2 aromatic rings. The average Bonchev–Trinajstić information content (AvgIpc) is 3.24. The topological polar surface area (TPSA) is 72.3 Å². The maximum absolute atomic E-state index is 13.0. The highest BCUT2D eigenvalue weighted by Gasteiger charge is 2.35. The second kappa shape index (κ2) is 8.29. The van der Waals surface area contributed by atoms with E-state index in [9.17, 15) is 13.2 Å². The van der Waals surface area contributed by atoms with Crippen LogP contribution in [0.15, 0.2) is 35.7 Å². The molecule has 1 fully saturated rings. The SMILES string of the molecule is CCN(C(=O)C(C)Sc1nccn1-c1cccc(C)c1C)C1CCS(=O)(=O)C1. The Morgan fingerprint density at radius 3 is 2.79 bits per heavy atom. The van der Waals surface area contributed by atoms with Crippen LogP contribution in [-0.4, -0.2) is 58.1 Å². The maximum atomic E-state index is 13.0. The Hall–Kier alpha value is -1.80. The van der Waals surface area contributed by atoms with Gasteiger partial charge in [-0.2, -0.15) is 0 Å². The van der Waals surface area contributed by atoms with Crippen molar-refractivity contribution in [1.29, 1.82) is 0 Å². The lowest BCUT2D eigenvalue weighted by molar-refractivity contribution is -0.131. The molecule has 0 saturated carbocycles. The van der Waals surface area contributed by atoms with Crippen molar-refractivity contribution in [2.24, 2.45) is 0 Å². The van der Waals surface area contributed by atoms with Gasteiger partial charge < -0.3 is 4.90 Å². The molecule has 2 heterocycles. The highest BCUT2D eigenvalue weighted by Crippen LogP contribution is 2.29. The third-order valence-electron chi connectivity index (χ3n) is 5.35. The van der Waals surface area contributed by atoms with E-state index in [0.717, 1.165) is 10.8 Å². The minimum atomic E-state index is -3.03. The molecular weight excluding hydrogens is 394 g/mol. The average molecular weight is 422 g/mol. The van der Waals surface area contributed by atoms with Crippen LogP contribution in [-0.2, 0) is 14.6 Å². The number of aryl methyl sites for hydroxylation is 1. The van der Waals surface area contributed by atoms with Crippen LogP contribution < -0.4 is 0 Å². The summed E-state index contributed by atoms with van der Waals surface area (Å²) >= 11 is 1.41. The predicted octanol–water partition coefficient (Wildman–Crippen LogP) is 3.01. The van der Waals surface area contributed by atoms with Crippen LogP contribution in [0.4, 0.5) is 0 Å². The summed E-state index contributed by atoms with van der Waals surface area (Å²) in [5.74, 6) is 0.200. The first-order chi connectivity index (χ1) is 13.2. The van der Waals surface area contributed by atoms with Crippen molar-refractivity contribution >= 4 is 27.5 Å². The summed E-state index contributed by atoms with van der Waals surface area (Å²) in [7, 11) is -3.03. The molecule has 1 aliphatic heterocycles. The van der Waals surface area contributed by atoms with Crippen LogP contribution in [0.5, 0.6) is 0 Å². The lowest BCUT2D eigenvalue weighted by Crippen LogP contribution is -2.44. The van der Waals surface area contributed by atoms with Crippen LogP contribution in [0.25, 0.3) is 5.69 Å². The van der Waals surface area contributed by atoms with E-state index in [1.807, 2.05) is 36.7 Å².